The molecule has 1 aliphatic heterocycles. The summed E-state index contributed by atoms with van der Waals surface area (Å²) in [5.41, 5.74) is 2.28. The minimum absolute atomic E-state index is 0.0885. The topological polar surface area (TPSA) is 34.5 Å². The van der Waals surface area contributed by atoms with Gasteiger partial charge in [0.05, 0.1) is 6.04 Å². The van der Waals surface area contributed by atoms with Crippen molar-refractivity contribution in [2.75, 3.05) is 6.54 Å². The Balaban J connectivity index is 1.54. The molecule has 33 heavy (non-hydrogen) atoms. The van der Waals surface area contributed by atoms with Crippen molar-refractivity contribution in [3.63, 3.8) is 0 Å². The third-order valence-corrected chi connectivity index (χ3v) is 6.47. The minimum atomic E-state index is -0.0885. The first-order valence-electron chi connectivity index (χ1n) is 12.5. The Morgan fingerprint density at radius 3 is 2.52 bits per heavy atom. The van der Waals surface area contributed by atoms with Gasteiger partial charge in [0, 0.05) is 31.4 Å². The van der Waals surface area contributed by atoms with Crippen LogP contribution in [0.25, 0.3) is 0 Å². The highest BCUT2D eigenvalue weighted by Crippen LogP contribution is 2.35. The molecule has 1 amide bonds. The number of ether oxygens (including phenoxy) is 1. The van der Waals surface area contributed by atoms with Gasteiger partial charge in [-0.25, -0.2) is 0 Å². The van der Waals surface area contributed by atoms with E-state index >= 15 is 0 Å². The van der Waals surface area contributed by atoms with Crippen LogP contribution in [0.5, 0.6) is 11.5 Å². The summed E-state index contributed by atoms with van der Waals surface area (Å²) in [7, 11) is 0. The van der Waals surface area contributed by atoms with E-state index in [4.69, 9.17) is 4.74 Å². The number of nitrogens with zero attached hydrogens (tertiary/aromatic N) is 2. The maximum Gasteiger partial charge on any atom is 0.223 e. The number of amides is 1. The zero-order valence-corrected chi connectivity index (χ0v) is 19.8. The summed E-state index contributed by atoms with van der Waals surface area (Å²) < 4.78 is 8.41. The van der Waals surface area contributed by atoms with Gasteiger partial charge >= 0.3 is 0 Å². The van der Waals surface area contributed by atoms with Gasteiger partial charge in [-0.1, -0.05) is 69.4 Å². The Morgan fingerprint density at radius 1 is 0.879 bits per heavy atom. The molecule has 4 rings (SSSR count). The van der Waals surface area contributed by atoms with E-state index in [2.05, 4.69) is 46.9 Å². The third-order valence-electron chi connectivity index (χ3n) is 6.47. The Hall–Kier alpha value is -3.01. The summed E-state index contributed by atoms with van der Waals surface area (Å²) in [5, 5.41) is 0. The number of para-hydroxylation sites is 1. The van der Waals surface area contributed by atoms with Gasteiger partial charge in [0.2, 0.25) is 5.91 Å². The number of carbonyl (C=O) groups is 1. The lowest BCUT2D eigenvalue weighted by molar-refractivity contribution is -0.133. The maximum atomic E-state index is 13.4. The first-order valence-corrected chi connectivity index (χ1v) is 12.5. The average Bonchev–Trinajstić information content (AvgIpc) is 3.21. The van der Waals surface area contributed by atoms with Gasteiger partial charge in [-0.2, -0.15) is 0 Å². The summed E-state index contributed by atoms with van der Waals surface area (Å²) in [6.45, 7) is 3.96. The number of aryl methyl sites for hydroxylation is 1. The van der Waals surface area contributed by atoms with Gasteiger partial charge in [-0.3, -0.25) is 4.79 Å². The van der Waals surface area contributed by atoms with E-state index in [-0.39, 0.29) is 11.9 Å². The average molecular weight is 445 g/mol. The molecule has 4 nitrogen and oxygen atoms in total. The fourth-order valence-electron chi connectivity index (χ4n) is 4.77. The quantitative estimate of drug-likeness (QED) is 0.306. The van der Waals surface area contributed by atoms with E-state index in [9.17, 15) is 4.79 Å². The Morgan fingerprint density at radius 2 is 1.67 bits per heavy atom. The molecule has 0 bridgehead atoms. The van der Waals surface area contributed by atoms with Gasteiger partial charge in [0.25, 0.3) is 0 Å². The largest absolute Gasteiger partial charge is 0.457 e. The van der Waals surface area contributed by atoms with Gasteiger partial charge in [-0.15, -0.1) is 0 Å². The van der Waals surface area contributed by atoms with Gasteiger partial charge < -0.3 is 14.2 Å². The first-order chi connectivity index (χ1) is 16.3. The lowest BCUT2D eigenvalue weighted by atomic mass is 10.0. The molecule has 2 heterocycles. The molecule has 1 unspecified atom stereocenters. The Kier molecular flexibility index (Phi) is 8.24. The predicted octanol–water partition coefficient (Wildman–Crippen LogP) is 7.35. The molecule has 1 aliphatic rings. The normalized spacial score (nSPS) is 15.7. The number of hydrogen-bond donors (Lipinski definition) is 0. The third kappa shape index (κ3) is 6.07. The van der Waals surface area contributed by atoms with Crippen LogP contribution < -0.4 is 4.74 Å². The van der Waals surface area contributed by atoms with Crippen LogP contribution in [0.2, 0.25) is 0 Å². The molecular formula is C29H36N2O2. The first kappa shape index (κ1) is 23.2. The monoisotopic (exact) mass is 444 g/mol. The van der Waals surface area contributed by atoms with Crippen LogP contribution >= 0.6 is 0 Å². The second-order valence-electron chi connectivity index (χ2n) is 8.98. The number of rotatable bonds is 10. The molecule has 1 atom stereocenters. The molecule has 0 saturated heterocycles. The number of fused-ring (bicyclic) bond motifs is 1. The van der Waals surface area contributed by atoms with Gasteiger partial charge in [-0.05, 0) is 54.8 Å². The van der Waals surface area contributed by atoms with Crippen LogP contribution in [0.4, 0.5) is 0 Å². The molecule has 174 valence electrons. The second kappa shape index (κ2) is 11.7. The zero-order valence-electron chi connectivity index (χ0n) is 19.8. The van der Waals surface area contributed by atoms with E-state index in [1.165, 1.54) is 31.4 Å². The summed E-state index contributed by atoms with van der Waals surface area (Å²) >= 11 is 0. The van der Waals surface area contributed by atoms with Crippen molar-refractivity contribution in [2.24, 2.45) is 0 Å². The van der Waals surface area contributed by atoms with E-state index < -0.39 is 0 Å². The number of unbranched alkanes of at least 4 members (excludes halogenated alkanes) is 5. The standard InChI is InChI=1S/C29H36N2O2/c1-2-3-4-5-6-10-19-28(32)31-22-13-21-30-20-12-18-27(30)29(31)24-14-11-17-26(23-24)33-25-15-8-7-9-16-25/h7-9,11-12,14-18,20,23,29H,2-6,10,13,19,21-22H2,1H3. The number of hydrogen-bond acceptors (Lipinski definition) is 2. The molecular weight excluding hydrogens is 408 g/mol. The molecule has 2 aromatic carbocycles. The SMILES string of the molecule is CCCCCCCCC(=O)N1CCCn2cccc2C1c1cccc(Oc2ccccc2)c1. The molecule has 0 N–H and O–H groups in total. The summed E-state index contributed by atoms with van der Waals surface area (Å²) in [5.74, 6) is 1.87. The summed E-state index contributed by atoms with van der Waals surface area (Å²) in [6.07, 6.45) is 10.9. The highest BCUT2D eigenvalue weighted by atomic mass is 16.5. The highest BCUT2D eigenvalue weighted by Gasteiger charge is 2.30. The van der Waals surface area contributed by atoms with Gasteiger partial charge in [0.15, 0.2) is 0 Å². The van der Waals surface area contributed by atoms with Crippen molar-refractivity contribution in [3.8, 4) is 11.5 Å². The highest BCUT2D eigenvalue weighted by molar-refractivity contribution is 5.77. The fraction of sp³-hybridized carbons (Fsp3) is 0.414. The lowest BCUT2D eigenvalue weighted by Crippen LogP contribution is -2.35. The van der Waals surface area contributed by atoms with E-state index in [0.29, 0.717) is 6.42 Å². The number of aromatic nitrogens is 1. The van der Waals surface area contributed by atoms with Crippen LogP contribution in [-0.2, 0) is 11.3 Å². The van der Waals surface area contributed by atoms with Gasteiger partial charge in [0.1, 0.15) is 11.5 Å². The van der Waals surface area contributed by atoms with Crippen molar-refractivity contribution in [1.82, 2.24) is 9.47 Å². The molecule has 0 spiro atoms. The number of carbonyl (C=O) groups excluding carboxylic acids is 1. The molecule has 4 heteroatoms. The fourth-order valence-corrected chi connectivity index (χ4v) is 4.77. The summed E-state index contributed by atoms with van der Waals surface area (Å²) in [4.78, 5) is 15.5. The van der Waals surface area contributed by atoms with Crippen molar-refractivity contribution >= 4 is 5.91 Å². The van der Waals surface area contributed by atoms with Crippen LogP contribution in [0.3, 0.4) is 0 Å². The Bertz CT molecular complexity index is 1010. The predicted molar refractivity (Wildman–Crippen MR) is 134 cm³/mol. The van der Waals surface area contributed by atoms with E-state index in [0.717, 1.165) is 49.4 Å². The van der Waals surface area contributed by atoms with Crippen molar-refractivity contribution in [1.29, 1.82) is 0 Å². The van der Waals surface area contributed by atoms with E-state index in [1.807, 2.05) is 42.5 Å². The lowest BCUT2D eigenvalue weighted by Gasteiger charge is -2.31. The second-order valence-corrected chi connectivity index (χ2v) is 8.98. The van der Waals surface area contributed by atoms with E-state index in [1.54, 1.807) is 0 Å². The van der Waals surface area contributed by atoms with Crippen LogP contribution in [0.1, 0.15) is 75.6 Å². The van der Waals surface area contributed by atoms with Crippen molar-refractivity contribution in [2.45, 2.75) is 70.9 Å². The van der Waals surface area contributed by atoms with Crippen molar-refractivity contribution in [3.05, 3.63) is 84.2 Å². The zero-order chi connectivity index (χ0) is 22.9. The molecule has 1 aromatic heterocycles. The molecule has 0 fully saturated rings. The molecule has 0 radical (unpaired) electrons. The molecule has 0 saturated carbocycles. The molecule has 3 aromatic rings. The van der Waals surface area contributed by atoms with Crippen molar-refractivity contribution < 1.29 is 9.53 Å². The molecule has 0 aliphatic carbocycles. The summed E-state index contributed by atoms with van der Waals surface area (Å²) in [6, 6.07) is 22.2. The smallest absolute Gasteiger partial charge is 0.223 e. The minimum Gasteiger partial charge on any atom is -0.457 e. The van der Waals surface area contributed by atoms with Crippen LogP contribution in [0.15, 0.2) is 72.9 Å². The van der Waals surface area contributed by atoms with Crippen LogP contribution in [-0.4, -0.2) is 21.9 Å². The maximum absolute atomic E-state index is 13.4. The Labute approximate surface area is 198 Å². The number of benzene rings is 2. The van der Waals surface area contributed by atoms with Crippen LogP contribution in [0, 0.1) is 0 Å².